The number of aryl methyl sites for hydroxylation is 1. The van der Waals surface area contributed by atoms with E-state index in [2.05, 4.69) is 5.32 Å². The summed E-state index contributed by atoms with van der Waals surface area (Å²) in [5.41, 5.74) is 2.14. The summed E-state index contributed by atoms with van der Waals surface area (Å²) in [4.78, 5) is 11.9. The first kappa shape index (κ1) is 14.4. The zero-order chi connectivity index (χ0) is 13.7. The van der Waals surface area contributed by atoms with Crippen LogP contribution in [-0.2, 0) is 11.2 Å². The van der Waals surface area contributed by atoms with E-state index in [1.807, 2.05) is 25.1 Å². The van der Waals surface area contributed by atoms with Crippen LogP contribution in [0.1, 0.15) is 43.2 Å². The highest BCUT2D eigenvalue weighted by Crippen LogP contribution is 2.22. The van der Waals surface area contributed by atoms with Gasteiger partial charge in [-0.15, -0.1) is 0 Å². The largest absolute Gasteiger partial charge is 0.356 e. The third kappa shape index (κ3) is 4.54. The predicted molar refractivity (Wildman–Crippen MR) is 79.5 cm³/mol. The Kier molecular flexibility index (Phi) is 5.26. The lowest BCUT2D eigenvalue weighted by atomic mass is 9.89. The average Bonchev–Trinajstić information content (AvgIpc) is 2.41. The Morgan fingerprint density at radius 1 is 1.32 bits per heavy atom. The molecule has 0 spiro atoms. The molecule has 0 heterocycles. The lowest BCUT2D eigenvalue weighted by Crippen LogP contribution is -2.31. The summed E-state index contributed by atoms with van der Waals surface area (Å²) in [7, 11) is 0. The quantitative estimate of drug-likeness (QED) is 0.890. The highest BCUT2D eigenvalue weighted by atomic mass is 35.5. The van der Waals surface area contributed by atoms with E-state index in [4.69, 9.17) is 11.6 Å². The molecule has 0 bridgehead atoms. The van der Waals surface area contributed by atoms with E-state index in [1.54, 1.807) is 0 Å². The van der Waals surface area contributed by atoms with Gasteiger partial charge in [0.25, 0.3) is 0 Å². The smallest absolute Gasteiger partial charge is 0.224 e. The second-order valence-electron chi connectivity index (χ2n) is 5.56. The molecule has 0 aliphatic heterocycles. The van der Waals surface area contributed by atoms with Crippen LogP contribution in [0.3, 0.4) is 0 Å². The number of rotatable bonds is 4. The van der Waals surface area contributed by atoms with Crippen molar-refractivity contribution in [3.63, 3.8) is 0 Å². The van der Waals surface area contributed by atoms with Crippen LogP contribution in [0.5, 0.6) is 0 Å². The Balaban J connectivity index is 1.80. The number of carbonyl (C=O) groups excluding carboxylic acids is 1. The number of amides is 1. The Labute approximate surface area is 120 Å². The van der Waals surface area contributed by atoms with Gasteiger partial charge in [0.05, 0.1) is 6.42 Å². The fourth-order valence-electron chi connectivity index (χ4n) is 2.74. The van der Waals surface area contributed by atoms with Gasteiger partial charge in [-0.2, -0.15) is 0 Å². The molecule has 0 saturated heterocycles. The van der Waals surface area contributed by atoms with Gasteiger partial charge in [0.2, 0.25) is 5.91 Å². The summed E-state index contributed by atoms with van der Waals surface area (Å²) < 4.78 is 0. The van der Waals surface area contributed by atoms with Gasteiger partial charge in [-0.1, -0.05) is 36.9 Å². The minimum Gasteiger partial charge on any atom is -0.356 e. The maximum Gasteiger partial charge on any atom is 0.224 e. The van der Waals surface area contributed by atoms with Crippen molar-refractivity contribution >= 4 is 17.5 Å². The van der Waals surface area contributed by atoms with Gasteiger partial charge >= 0.3 is 0 Å². The fourth-order valence-corrected chi connectivity index (χ4v) is 2.97. The first-order chi connectivity index (χ1) is 9.15. The topological polar surface area (TPSA) is 29.1 Å². The second kappa shape index (κ2) is 6.95. The van der Waals surface area contributed by atoms with Gasteiger partial charge < -0.3 is 5.32 Å². The van der Waals surface area contributed by atoms with E-state index in [0.29, 0.717) is 12.3 Å². The molecule has 1 aromatic rings. The average molecular weight is 280 g/mol. The molecule has 0 aromatic heterocycles. The van der Waals surface area contributed by atoms with Gasteiger partial charge in [0.15, 0.2) is 0 Å². The Morgan fingerprint density at radius 3 is 2.74 bits per heavy atom. The summed E-state index contributed by atoms with van der Waals surface area (Å²) in [5, 5.41) is 3.80. The van der Waals surface area contributed by atoms with Gasteiger partial charge in [-0.3, -0.25) is 4.79 Å². The fraction of sp³-hybridized carbons (Fsp3) is 0.562. The predicted octanol–water partition coefficient (Wildman–Crippen LogP) is 3.89. The van der Waals surface area contributed by atoms with E-state index < -0.39 is 0 Å². The van der Waals surface area contributed by atoms with Crippen LogP contribution in [0.4, 0.5) is 0 Å². The van der Waals surface area contributed by atoms with Crippen molar-refractivity contribution in [3.05, 3.63) is 34.3 Å². The molecule has 1 fully saturated rings. The molecular weight excluding hydrogens is 258 g/mol. The number of hydrogen-bond acceptors (Lipinski definition) is 1. The van der Waals surface area contributed by atoms with Gasteiger partial charge in [0, 0.05) is 11.6 Å². The number of nitrogens with one attached hydrogen (secondary N) is 1. The molecule has 0 radical (unpaired) electrons. The molecule has 1 saturated carbocycles. The maximum atomic E-state index is 11.9. The monoisotopic (exact) mass is 279 g/mol. The molecule has 19 heavy (non-hydrogen) atoms. The number of halogens is 1. The first-order valence-corrected chi connectivity index (χ1v) is 7.54. The standard InChI is InChI=1S/C16H22ClNO/c1-12-9-15(17)8-7-14(12)10-16(19)18-11-13-5-3-2-4-6-13/h7-9,13H,2-6,10-11H2,1H3,(H,18,19). The molecule has 1 N–H and O–H groups in total. The molecule has 2 nitrogen and oxygen atoms in total. The van der Waals surface area contributed by atoms with Gasteiger partial charge in [-0.25, -0.2) is 0 Å². The van der Waals surface area contributed by atoms with E-state index in [1.165, 1.54) is 32.1 Å². The zero-order valence-electron chi connectivity index (χ0n) is 11.5. The normalized spacial score (nSPS) is 16.3. The van der Waals surface area contributed by atoms with Crippen molar-refractivity contribution < 1.29 is 4.79 Å². The van der Waals surface area contributed by atoms with Crippen molar-refractivity contribution in [2.75, 3.05) is 6.54 Å². The summed E-state index contributed by atoms with van der Waals surface area (Å²) in [5.74, 6) is 0.806. The molecule has 2 rings (SSSR count). The van der Waals surface area contributed by atoms with Crippen LogP contribution in [0.25, 0.3) is 0 Å². The summed E-state index contributed by atoms with van der Waals surface area (Å²) >= 11 is 5.92. The molecule has 1 aliphatic rings. The van der Waals surface area contributed by atoms with Crippen LogP contribution in [0.15, 0.2) is 18.2 Å². The molecule has 3 heteroatoms. The van der Waals surface area contributed by atoms with Gasteiger partial charge in [0.1, 0.15) is 0 Å². The zero-order valence-corrected chi connectivity index (χ0v) is 12.3. The van der Waals surface area contributed by atoms with E-state index >= 15 is 0 Å². The first-order valence-electron chi connectivity index (χ1n) is 7.17. The molecular formula is C16H22ClNO. The number of hydrogen-bond donors (Lipinski definition) is 1. The highest BCUT2D eigenvalue weighted by Gasteiger charge is 2.14. The summed E-state index contributed by atoms with van der Waals surface area (Å²) in [6, 6.07) is 5.70. The van der Waals surface area contributed by atoms with Crippen molar-refractivity contribution in [1.29, 1.82) is 0 Å². The third-order valence-electron chi connectivity index (χ3n) is 3.97. The number of carbonyl (C=O) groups is 1. The lowest BCUT2D eigenvalue weighted by Gasteiger charge is -2.21. The Bertz CT molecular complexity index is 438. The van der Waals surface area contributed by atoms with Crippen molar-refractivity contribution in [3.8, 4) is 0 Å². The van der Waals surface area contributed by atoms with Crippen LogP contribution in [0, 0.1) is 12.8 Å². The molecule has 0 unspecified atom stereocenters. The minimum absolute atomic E-state index is 0.121. The Hall–Kier alpha value is -1.02. The van der Waals surface area contributed by atoms with Crippen LogP contribution >= 0.6 is 11.6 Å². The highest BCUT2D eigenvalue weighted by molar-refractivity contribution is 6.30. The van der Waals surface area contributed by atoms with E-state index in [9.17, 15) is 4.79 Å². The maximum absolute atomic E-state index is 11.9. The third-order valence-corrected chi connectivity index (χ3v) is 4.20. The van der Waals surface area contributed by atoms with Crippen LogP contribution in [0.2, 0.25) is 5.02 Å². The van der Waals surface area contributed by atoms with Gasteiger partial charge in [-0.05, 0) is 48.9 Å². The molecule has 1 aliphatic carbocycles. The van der Waals surface area contributed by atoms with Crippen LogP contribution in [-0.4, -0.2) is 12.5 Å². The molecule has 1 aromatic carbocycles. The Morgan fingerprint density at radius 2 is 2.05 bits per heavy atom. The lowest BCUT2D eigenvalue weighted by molar-refractivity contribution is -0.120. The van der Waals surface area contributed by atoms with Crippen LogP contribution < -0.4 is 5.32 Å². The molecule has 0 atom stereocenters. The van der Waals surface area contributed by atoms with E-state index in [-0.39, 0.29) is 5.91 Å². The van der Waals surface area contributed by atoms with Crippen molar-refractivity contribution in [1.82, 2.24) is 5.32 Å². The van der Waals surface area contributed by atoms with Crippen molar-refractivity contribution in [2.45, 2.75) is 45.4 Å². The molecule has 1 amide bonds. The summed E-state index contributed by atoms with van der Waals surface area (Å²) in [6.07, 6.45) is 6.97. The second-order valence-corrected chi connectivity index (χ2v) is 5.99. The molecule has 104 valence electrons. The minimum atomic E-state index is 0.121. The van der Waals surface area contributed by atoms with E-state index in [0.717, 1.165) is 22.7 Å². The SMILES string of the molecule is Cc1cc(Cl)ccc1CC(=O)NCC1CCCCC1. The summed E-state index contributed by atoms with van der Waals surface area (Å²) in [6.45, 7) is 2.83. The number of benzene rings is 1. The van der Waals surface area contributed by atoms with Crippen molar-refractivity contribution in [2.24, 2.45) is 5.92 Å².